The van der Waals surface area contributed by atoms with Crippen molar-refractivity contribution in [2.45, 2.75) is 31.6 Å². The van der Waals surface area contributed by atoms with E-state index < -0.39 is 26.7 Å². The second kappa shape index (κ2) is 8.24. The predicted octanol–water partition coefficient (Wildman–Crippen LogP) is 3.46. The number of piperazine rings is 1. The van der Waals surface area contributed by atoms with Crippen molar-refractivity contribution in [1.82, 2.24) is 5.32 Å². The van der Waals surface area contributed by atoms with Crippen LogP contribution in [0.1, 0.15) is 37.1 Å². The van der Waals surface area contributed by atoms with Gasteiger partial charge in [0.2, 0.25) is 5.90 Å². The molecule has 0 saturated carbocycles. The molecule has 2 aliphatic heterocycles. The van der Waals surface area contributed by atoms with E-state index in [2.05, 4.69) is 14.6 Å². The van der Waals surface area contributed by atoms with E-state index in [9.17, 15) is 12.8 Å². The Morgan fingerprint density at radius 3 is 2.39 bits per heavy atom. The number of hydrogen-bond acceptors (Lipinski definition) is 5. The van der Waals surface area contributed by atoms with Crippen molar-refractivity contribution in [2.75, 3.05) is 31.1 Å². The summed E-state index contributed by atoms with van der Waals surface area (Å²) in [4.78, 5) is 2.26. The van der Waals surface area contributed by atoms with Gasteiger partial charge in [-0.25, -0.2) is 12.8 Å². The summed E-state index contributed by atoms with van der Waals surface area (Å²) in [6.07, 6.45) is 0. The lowest BCUT2D eigenvalue weighted by molar-refractivity contribution is 0.0837. The van der Waals surface area contributed by atoms with Gasteiger partial charge in [0.1, 0.15) is 16.7 Å². The van der Waals surface area contributed by atoms with Gasteiger partial charge in [-0.2, -0.15) is 0 Å². The van der Waals surface area contributed by atoms with Crippen LogP contribution in [0.15, 0.2) is 52.9 Å². The largest absolute Gasteiger partial charge is 0.472 e. The number of benzene rings is 2. The Bertz CT molecular complexity index is 1080. The van der Waals surface area contributed by atoms with Gasteiger partial charge in [0.15, 0.2) is 0 Å². The van der Waals surface area contributed by atoms with Crippen LogP contribution >= 0.6 is 0 Å². The van der Waals surface area contributed by atoms with Gasteiger partial charge in [-0.05, 0) is 44.5 Å². The smallest absolute Gasteiger partial charge is 0.267 e. The molecule has 4 rings (SSSR count). The molecule has 0 bridgehead atoms. The van der Waals surface area contributed by atoms with E-state index in [0.717, 1.165) is 31.9 Å². The summed E-state index contributed by atoms with van der Waals surface area (Å²) in [5.74, 6) is -0.168. The van der Waals surface area contributed by atoms with Gasteiger partial charge in [-0.1, -0.05) is 30.3 Å². The number of ether oxygens (including phenoxy) is 1. The van der Waals surface area contributed by atoms with Crippen molar-refractivity contribution in [3.63, 3.8) is 0 Å². The van der Waals surface area contributed by atoms with Crippen LogP contribution in [-0.2, 0) is 14.8 Å². The molecule has 31 heavy (non-hydrogen) atoms. The molecule has 2 aliphatic rings. The summed E-state index contributed by atoms with van der Waals surface area (Å²) >= 11 is 0. The Morgan fingerprint density at radius 2 is 1.77 bits per heavy atom. The van der Waals surface area contributed by atoms with E-state index in [-0.39, 0.29) is 11.5 Å². The number of rotatable bonds is 4. The van der Waals surface area contributed by atoms with Gasteiger partial charge in [0, 0.05) is 37.4 Å². The third-order valence-corrected chi connectivity index (χ3v) is 7.63. The molecule has 0 amide bonds. The maximum Gasteiger partial charge on any atom is 0.267 e. The molecule has 8 heteroatoms. The highest BCUT2D eigenvalue weighted by molar-refractivity contribution is 7.90. The molecule has 2 aromatic carbocycles. The zero-order valence-corrected chi connectivity index (χ0v) is 18.7. The summed E-state index contributed by atoms with van der Waals surface area (Å²) in [5, 5.41) is 2.36. The minimum absolute atomic E-state index is 0.0659. The molecule has 165 valence electrons. The summed E-state index contributed by atoms with van der Waals surface area (Å²) in [6, 6.07) is 13.7. The molecule has 0 aliphatic carbocycles. The number of halogens is 1. The number of nitrogens with zero attached hydrogens (tertiary/aromatic N) is 2. The fourth-order valence-corrected chi connectivity index (χ4v) is 6.01. The Morgan fingerprint density at radius 1 is 1.13 bits per heavy atom. The molecule has 0 aromatic heterocycles. The highest BCUT2D eigenvalue weighted by atomic mass is 32.2. The van der Waals surface area contributed by atoms with E-state index in [0.29, 0.717) is 11.5 Å². The predicted molar refractivity (Wildman–Crippen MR) is 120 cm³/mol. The molecule has 2 heterocycles. The van der Waals surface area contributed by atoms with E-state index >= 15 is 0 Å². The van der Waals surface area contributed by atoms with E-state index in [4.69, 9.17) is 4.74 Å². The van der Waals surface area contributed by atoms with Crippen molar-refractivity contribution in [1.29, 1.82) is 0 Å². The van der Waals surface area contributed by atoms with Crippen LogP contribution in [0.3, 0.4) is 0 Å². The van der Waals surface area contributed by atoms with Crippen LogP contribution in [0.4, 0.5) is 10.1 Å². The zero-order chi connectivity index (χ0) is 22.2. The normalized spacial score (nSPS) is 22.7. The maximum atomic E-state index is 14.2. The average molecular weight is 445 g/mol. The number of anilines is 1. The summed E-state index contributed by atoms with van der Waals surface area (Å²) in [6.45, 7) is 8.74. The van der Waals surface area contributed by atoms with Gasteiger partial charge < -0.3 is 15.0 Å². The van der Waals surface area contributed by atoms with Crippen molar-refractivity contribution in [3.8, 4) is 0 Å². The third kappa shape index (κ3) is 4.32. The first-order valence-corrected chi connectivity index (χ1v) is 11.9. The quantitative estimate of drug-likeness (QED) is 0.782. The molecule has 2 aromatic rings. The lowest BCUT2D eigenvalue weighted by Crippen LogP contribution is -2.44. The van der Waals surface area contributed by atoms with Gasteiger partial charge in [-0.15, -0.1) is 4.40 Å². The fourth-order valence-electron chi connectivity index (χ4n) is 4.23. The minimum atomic E-state index is -3.94. The highest BCUT2D eigenvalue weighted by Gasteiger charge is 2.48. The average Bonchev–Trinajstić information content (AvgIpc) is 2.73. The van der Waals surface area contributed by atoms with Crippen molar-refractivity contribution < 1.29 is 17.5 Å². The van der Waals surface area contributed by atoms with E-state index in [1.807, 2.05) is 24.3 Å². The Labute approximate surface area is 183 Å². The Hall–Kier alpha value is -2.45. The van der Waals surface area contributed by atoms with Gasteiger partial charge in [0.25, 0.3) is 10.0 Å². The van der Waals surface area contributed by atoms with Gasteiger partial charge >= 0.3 is 0 Å². The molecule has 1 fully saturated rings. The van der Waals surface area contributed by atoms with Crippen LogP contribution in [0.25, 0.3) is 0 Å². The molecule has 1 radical (unpaired) electrons. The van der Waals surface area contributed by atoms with Gasteiger partial charge in [-0.3, -0.25) is 0 Å². The summed E-state index contributed by atoms with van der Waals surface area (Å²) < 4.78 is 50.7. The molecule has 6 nitrogen and oxygen atoms in total. The van der Waals surface area contributed by atoms with Gasteiger partial charge in [0.05, 0.1) is 5.92 Å². The van der Waals surface area contributed by atoms with E-state index in [1.165, 1.54) is 6.07 Å². The second-order valence-corrected chi connectivity index (χ2v) is 10.1. The standard InChI is InChI=1S/C23H27FN3O3S/c1-16(19-6-4-5-7-20(19)24)22-26-31(28,29)21(23(2,3)30-22)17-8-10-18(11-9-17)27-14-12-25-13-15-27/h4-11,21,25H,12-15H2,1-3H3/t21-/m0/s1. The highest BCUT2D eigenvalue weighted by Crippen LogP contribution is 2.42. The Kier molecular flexibility index (Phi) is 5.79. The molecule has 1 saturated heterocycles. The molecule has 1 N–H and O–H groups in total. The lowest BCUT2D eigenvalue weighted by atomic mass is 9.95. The minimum Gasteiger partial charge on any atom is -0.472 e. The zero-order valence-electron chi connectivity index (χ0n) is 17.9. The van der Waals surface area contributed by atoms with Crippen molar-refractivity contribution >= 4 is 21.6 Å². The fraction of sp³-hybridized carbons (Fsp3) is 0.391. The van der Waals surface area contributed by atoms with Crippen LogP contribution in [0.2, 0.25) is 0 Å². The molecule has 1 atom stereocenters. The second-order valence-electron chi connectivity index (χ2n) is 8.43. The lowest BCUT2D eigenvalue weighted by Gasteiger charge is -2.38. The first-order valence-electron chi connectivity index (χ1n) is 10.4. The molecule has 0 unspecified atom stereocenters. The number of nitrogens with one attached hydrogen (secondary N) is 1. The monoisotopic (exact) mass is 444 g/mol. The first-order chi connectivity index (χ1) is 14.7. The Balaban J connectivity index is 1.65. The third-order valence-electron chi connectivity index (χ3n) is 5.78. The number of sulfonamides is 1. The first kappa shape index (κ1) is 21.8. The molecule has 0 spiro atoms. The topological polar surface area (TPSA) is 71.0 Å². The van der Waals surface area contributed by atoms with Crippen LogP contribution in [0.5, 0.6) is 0 Å². The molecular formula is C23H27FN3O3S. The van der Waals surface area contributed by atoms with Crippen molar-refractivity contribution in [3.05, 3.63) is 71.4 Å². The van der Waals surface area contributed by atoms with Crippen LogP contribution in [-0.4, -0.2) is 46.1 Å². The van der Waals surface area contributed by atoms with Crippen LogP contribution in [0, 0.1) is 11.7 Å². The van der Waals surface area contributed by atoms with Crippen LogP contribution < -0.4 is 10.2 Å². The number of hydrogen-bond donors (Lipinski definition) is 1. The summed E-state index contributed by atoms with van der Waals surface area (Å²) in [5.41, 5.74) is 0.866. The SMILES string of the molecule is C[C](C1=NS(=O)(=O)[C@@H](c2ccc(N3CCNCC3)cc2)C(C)(C)O1)c1ccccc1F. The maximum absolute atomic E-state index is 14.2. The van der Waals surface area contributed by atoms with E-state index in [1.54, 1.807) is 39.0 Å². The summed E-state index contributed by atoms with van der Waals surface area (Å²) in [7, 11) is -3.94. The van der Waals surface area contributed by atoms with Crippen molar-refractivity contribution in [2.24, 2.45) is 4.40 Å². The molecular weight excluding hydrogens is 417 g/mol.